The summed E-state index contributed by atoms with van der Waals surface area (Å²) < 4.78 is 0. The molecule has 0 aromatic heterocycles. The second kappa shape index (κ2) is 3.77. The zero-order chi connectivity index (χ0) is 7.28. The van der Waals surface area contributed by atoms with Gasteiger partial charge in [0.25, 0.3) is 0 Å². The lowest BCUT2D eigenvalue weighted by atomic mass is 10.6. The Morgan fingerprint density at radius 2 is 2.33 bits per heavy atom. The van der Waals surface area contributed by atoms with E-state index in [0.717, 1.165) is 6.34 Å². The first kappa shape index (κ1) is 7.81. The van der Waals surface area contributed by atoms with E-state index in [4.69, 9.17) is 11.1 Å². The van der Waals surface area contributed by atoms with Gasteiger partial charge in [0, 0.05) is 18.9 Å². The number of allylic oxidation sites excluding steroid dienone is 1. The van der Waals surface area contributed by atoms with Gasteiger partial charge in [-0.2, -0.15) is 0 Å². The molecular weight excluding hydrogens is 116 g/mol. The summed E-state index contributed by atoms with van der Waals surface area (Å²) in [6.45, 7) is 1.77. The Morgan fingerprint density at radius 1 is 1.78 bits per heavy atom. The molecule has 0 unspecified atom stereocenters. The molecule has 0 spiro atoms. The lowest BCUT2D eigenvalue weighted by molar-refractivity contribution is 0.442. The number of rotatable bonds is 3. The van der Waals surface area contributed by atoms with Crippen LogP contribution in [-0.2, 0) is 0 Å². The van der Waals surface area contributed by atoms with E-state index >= 15 is 0 Å². The summed E-state index contributed by atoms with van der Waals surface area (Å²) in [5, 5.41) is 8.20. The van der Waals surface area contributed by atoms with Crippen molar-refractivity contribution in [3.8, 4) is 0 Å². The SMILES string of the molecule is C/C(N)=C\NN(C)C=N. The van der Waals surface area contributed by atoms with Gasteiger partial charge in [0.15, 0.2) is 0 Å². The molecule has 0 radical (unpaired) electrons. The fraction of sp³-hybridized carbons (Fsp3) is 0.400. The zero-order valence-electron chi connectivity index (χ0n) is 5.68. The van der Waals surface area contributed by atoms with Gasteiger partial charge in [-0.25, -0.2) is 0 Å². The Balaban J connectivity index is 3.49. The van der Waals surface area contributed by atoms with Gasteiger partial charge in [-0.05, 0) is 6.92 Å². The normalized spacial score (nSPS) is 10.7. The average Bonchev–Trinajstić information content (AvgIpc) is 1.83. The van der Waals surface area contributed by atoms with Crippen LogP contribution in [0.3, 0.4) is 0 Å². The smallest absolute Gasteiger partial charge is 0.100 e. The molecule has 0 aliphatic heterocycles. The van der Waals surface area contributed by atoms with Gasteiger partial charge in [-0.15, -0.1) is 0 Å². The quantitative estimate of drug-likeness (QED) is 0.281. The summed E-state index contributed by atoms with van der Waals surface area (Å²) in [5.74, 6) is 0. The third-order valence-electron chi connectivity index (χ3n) is 0.690. The molecule has 0 aliphatic carbocycles. The molecule has 0 atom stereocenters. The summed E-state index contributed by atoms with van der Waals surface area (Å²) in [6, 6.07) is 0. The minimum Gasteiger partial charge on any atom is -0.401 e. The molecule has 4 nitrogen and oxygen atoms in total. The largest absolute Gasteiger partial charge is 0.401 e. The van der Waals surface area contributed by atoms with Gasteiger partial charge in [0.1, 0.15) is 6.34 Å². The van der Waals surface area contributed by atoms with Gasteiger partial charge in [0.2, 0.25) is 0 Å². The maximum absolute atomic E-state index is 6.72. The van der Waals surface area contributed by atoms with Crippen molar-refractivity contribution in [1.29, 1.82) is 5.41 Å². The Morgan fingerprint density at radius 3 is 2.67 bits per heavy atom. The fourth-order valence-electron chi connectivity index (χ4n) is 0.241. The third-order valence-corrected chi connectivity index (χ3v) is 0.690. The summed E-state index contributed by atoms with van der Waals surface area (Å²) in [5.41, 5.74) is 8.71. The third kappa shape index (κ3) is 4.67. The molecule has 0 aromatic carbocycles. The van der Waals surface area contributed by atoms with Crippen LogP contribution in [-0.4, -0.2) is 18.4 Å². The van der Waals surface area contributed by atoms with Gasteiger partial charge in [-0.3, -0.25) is 10.4 Å². The molecule has 0 bridgehead atoms. The van der Waals surface area contributed by atoms with E-state index in [0.29, 0.717) is 5.70 Å². The highest BCUT2D eigenvalue weighted by atomic mass is 15.5. The standard InChI is InChI=1S/C5H12N4/c1-5(7)3-8-9(2)4-6/h3-4,6,8H,7H2,1-2H3/b5-3+,6-4?. The molecule has 0 heterocycles. The first-order valence-corrected chi connectivity index (χ1v) is 2.58. The van der Waals surface area contributed by atoms with Crippen molar-refractivity contribution < 1.29 is 0 Å². The van der Waals surface area contributed by atoms with Crippen molar-refractivity contribution in [2.75, 3.05) is 7.05 Å². The Kier molecular flexibility index (Phi) is 3.27. The van der Waals surface area contributed by atoms with Gasteiger partial charge in [-0.1, -0.05) is 0 Å². The Hall–Kier alpha value is -1.19. The maximum atomic E-state index is 6.72. The van der Waals surface area contributed by atoms with Gasteiger partial charge < -0.3 is 11.2 Å². The average molecular weight is 128 g/mol. The highest BCUT2D eigenvalue weighted by molar-refractivity contribution is 5.49. The number of nitrogens with zero attached hydrogens (tertiary/aromatic N) is 1. The topological polar surface area (TPSA) is 65.1 Å². The number of nitrogens with two attached hydrogens (primary N) is 1. The second-order valence-corrected chi connectivity index (χ2v) is 1.76. The fourth-order valence-corrected chi connectivity index (χ4v) is 0.241. The van der Waals surface area contributed by atoms with Crippen LogP contribution in [0.1, 0.15) is 6.92 Å². The number of hydrogen-bond donors (Lipinski definition) is 3. The maximum Gasteiger partial charge on any atom is 0.100 e. The van der Waals surface area contributed by atoms with Crippen molar-refractivity contribution >= 4 is 6.34 Å². The highest BCUT2D eigenvalue weighted by Crippen LogP contribution is 1.74. The van der Waals surface area contributed by atoms with Crippen molar-refractivity contribution in [2.45, 2.75) is 6.92 Å². The predicted octanol–water partition coefficient (Wildman–Crippen LogP) is -0.150. The van der Waals surface area contributed by atoms with E-state index in [1.54, 1.807) is 20.2 Å². The minimum atomic E-state index is 0.684. The van der Waals surface area contributed by atoms with Crippen molar-refractivity contribution in [1.82, 2.24) is 10.4 Å². The van der Waals surface area contributed by atoms with Crippen molar-refractivity contribution in [3.05, 3.63) is 11.9 Å². The zero-order valence-corrected chi connectivity index (χ0v) is 5.68. The molecule has 9 heavy (non-hydrogen) atoms. The van der Waals surface area contributed by atoms with Gasteiger partial charge >= 0.3 is 0 Å². The van der Waals surface area contributed by atoms with E-state index < -0.39 is 0 Å². The number of nitrogens with one attached hydrogen (secondary N) is 2. The van der Waals surface area contributed by atoms with Gasteiger partial charge in [0.05, 0.1) is 0 Å². The van der Waals surface area contributed by atoms with Crippen LogP contribution in [0.15, 0.2) is 11.9 Å². The molecule has 4 heteroatoms. The van der Waals surface area contributed by atoms with Crippen molar-refractivity contribution in [2.24, 2.45) is 5.73 Å². The monoisotopic (exact) mass is 128 g/mol. The second-order valence-electron chi connectivity index (χ2n) is 1.76. The van der Waals surface area contributed by atoms with Crippen LogP contribution in [0.5, 0.6) is 0 Å². The predicted molar refractivity (Wildman–Crippen MR) is 37.6 cm³/mol. The molecule has 0 fully saturated rings. The van der Waals surface area contributed by atoms with Crippen LogP contribution < -0.4 is 11.2 Å². The molecular formula is C5H12N4. The van der Waals surface area contributed by atoms with E-state index in [1.165, 1.54) is 5.01 Å². The summed E-state index contributed by atoms with van der Waals surface area (Å²) >= 11 is 0. The highest BCUT2D eigenvalue weighted by Gasteiger charge is 1.80. The van der Waals surface area contributed by atoms with E-state index in [-0.39, 0.29) is 0 Å². The van der Waals surface area contributed by atoms with Crippen LogP contribution in [0.2, 0.25) is 0 Å². The molecule has 0 aliphatic rings. The van der Waals surface area contributed by atoms with Crippen LogP contribution in [0.25, 0.3) is 0 Å². The summed E-state index contributed by atoms with van der Waals surface area (Å²) in [4.78, 5) is 0. The summed E-state index contributed by atoms with van der Waals surface area (Å²) in [7, 11) is 1.71. The molecule has 4 N–H and O–H groups in total. The first-order valence-electron chi connectivity index (χ1n) is 2.58. The van der Waals surface area contributed by atoms with Crippen molar-refractivity contribution in [3.63, 3.8) is 0 Å². The van der Waals surface area contributed by atoms with E-state index in [1.807, 2.05) is 0 Å². The Bertz CT molecular complexity index is 114. The number of hydrazine groups is 1. The van der Waals surface area contributed by atoms with E-state index in [2.05, 4.69) is 5.43 Å². The Labute approximate surface area is 54.8 Å². The molecule has 52 valence electrons. The molecule has 0 saturated carbocycles. The van der Waals surface area contributed by atoms with Crippen LogP contribution >= 0.6 is 0 Å². The molecule has 0 amide bonds. The minimum absolute atomic E-state index is 0.684. The lowest BCUT2D eigenvalue weighted by Gasteiger charge is -2.10. The van der Waals surface area contributed by atoms with Crippen LogP contribution in [0.4, 0.5) is 0 Å². The lowest BCUT2D eigenvalue weighted by Crippen LogP contribution is -2.28. The molecule has 0 saturated heterocycles. The first-order chi connectivity index (χ1) is 4.16. The van der Waals surface area contributed by atoms with Crippen LogP contribution in [0, 0.1) is 5.41 Å². The summed E-state index contributed by atoms with van der Waals surface area (Å²) in [6.07, 6.45) is 2.77. The van der Waals surface area contributed by atoms with E-state index in [9.17, 15) is 0 Å². The molecule has 0 aromatic rings. The number of hydrogen-bond acceptors (Lipinski definition) is 3. The molecule has 0 rings (SSSR count).